The number of fused-ring (bicyclic) bond motifs is 3. The maximum atomic E-state index is 13.0. The highest BCUT2D eigenvalue weighted by molar-refractivity contribution is 7.89. The minimum atomic E-state index is -3.76. The third-order valence-electron chi connectivity index (χ3n) is 6.46. The van der Waals surface area contributed by atoms with E-state index in [-0.39, 0.29) is 24.0 Å². The van der Waals surface area contributed by atoms with Crippen LogP contribution in [-0.4, -0.2) is 41.1 Å². The number of carbonyl (C=O) groups is 1. The van der Waals surface area contributed by atoms with Gasteiger partial charge in [-0.2, -0.15) is 0 Å². The molecule has 0 aliphatic carbocycles. The highest BCUT2D eigenvalue weighted by atomic mass is 35.5. The van der Waals surface area contributed by atoms with E-state index in [4.69, 9.17) is 16.3 Å². The van der Waals surface area contributed by atoms with Crippen LogP contribution in [0.1, 0.15) is 17.5 Å². The molecule has 2 aliphatic heterocycles. The minimum absolute atomic E-state index is 0.0538. The molecular weight excluding hydrogens is 486 g/mol. The van der Waals surface area contributed by atoms with Gasteiger partial charge in [-0.3, -0.25) is 4.79 Å². The topological polar surface area (TPSA) is 78.9 Å². The summed E-state index contributed by atoms with van der Waals surface area (Å²) in [6.07, 6.45) is 2.45. The second-order valence-electron chi connectivity index (χ2n) is 8.68. The Kier molecular flexibility index (Phi) is 6.44. The molecule has 0 radical (unpaired) electrons. The fourth-order valence-electron chi connectivity index (χ4n) is 4.57. The first-order chi connectivity index (χ1) is 16.8. The Labute approximate surface area is 210 Å². The third-order valence-corrected chi connectivity index (χ3v) is 8.16. The first kappa shape index (κ1) is 23.7. The molecule has 2 aliphatic rings. The highest BCUT2D eigenvalue weighted by Crippen LogP contribution is 2.37. The molecule has 182 valence electrons. The van der Waals surface area contributed by atoms with Crippen molar-refractivity contribution >= 4 is 44.6 Å². The molecule has 2 heterocycles. The Morgan fingerprint density at radius 3 is 2.57 bits per heavy atom. The molecule has 0 saturated heterocycles. The Morgan fingerprint density at radius 2 is 1.74 bits per heavy atom. The lowest BCUT2D eigenvalue weighted by molar-refractivity contribution is -0.120. The van der Waals surface area contributed by atoms with Crippen molar-refractivity contribution in [1.82, 2.24) is 4.72 Å². The minimum Gasteiger partial charge on any atom is -0.482 e. The molecule has 9 heteroatoms. The van der Waals surface area contributed by atoms with Gasteiger partial charge in [-0.05, 0) is 66.8 Å². The summed E-state index contributed by atoms with van der Waals surface area (Å²) in [7, 11) is -2.15. The molecule has 0 aromatic heterocycles. The summed E-state index contributed by atoms with van der Waals surface area (Å²) >= 11 is 6.33. The van der Waals surface area contributed by atoms with E-state index in [0.29, 0.717) is 29.4 Å². The van der Waals surface area contributed by atoms with Crippen molar-refractivity contribution < 1.29 is 17.9 Å². The normalized spacial score (nSPS) is 15.1. The fraction of sp³-hybridized carbons (Fsp3) is 0.269. The van der Waals surface area contributed by atoms with E-state index >= 15 is 0 Å². The Hall–Kier alpha value is -3.07. The number of anilines is 3. The van der Waals surface area contributed by atoms with Gasteiger partial charge in [0, 0.05) is 36.5 Å². The number of sulfonamides is 1. The molecule has 0 saturated carbocycles. The molecule has 1 amide bonds. The van der Waals surface area contributed by atoms with Gasteiger partial charge >= 0.3 is 0 Å². The number of benzene rings is 3. The average Bonchev–Trinajstić information content (AvgIpc) is 3.00. The van der Waals surface area contributed by atoms with Gasteiger partial charge in [0.15, 0.2) is 6.61 Å². The number of para-hydroxylation sites is 1. The van der Waals surface area contributed by atoms with Crippen LogP contribution in [0.4, 0.5) is 17.1 Å². The van der Waals surface area contributed by atoms with Crippen LogP contribution in [0, 0.1) is 0 Å². The van der Waals surface area contributed by atoms with Gasteiger partial charge in [-0.25, -0.2) is 13.1 Å². The number of amides is 1. The molecule has 3 aromatic rings. The third kappa shape index (κ3) is 4.74. The van der Waals surface area contributed by atoms with Crippen molar-refractivity contribution in [2.24, 2.45) is 0 Å². The summed E-state index contributed by atoms with van der Waals surface area (Å²) in [5.41, 5.74) is 5.11. The molecular formula is C26H26ClN3O4S. The van der Waals surface area contributed by atoms with Gasteiger partial charge in [0.2, 0.25) is 10.0 Å². The van der Waals surface area contributed by atoms with Crippen molar-refractivity contribution in [3.05, 3.63) is 76.8 Å². The van der Waals surface area contributed by atoms with Crippen molar-refractivity contribution in [2.75, 3.05) is 36.5 Å². The maximum absolute atomic E-state index is 13.0. The number of nitrogens with zero attached hydrogens (tertiary/aromatic N) is 2. The number of nitrogens with one attached hydrogen (secondary N) is 1. The van der Waals surface area contributed by atoms with Gasteiger partial charge in [-0.1, -0.05) is 35.9 Å². The van der Waals surface area contributed by atoms with Gasteiger partial charge in [0.1, 0.15) is 5.75 Å². The number of hydrogen-bond acceptors (Lipinski definition) is 5. The molecule has 0 unspecified atom stereocenters. The molecule has 0 bridgehead atoms. The summed E-state index contributed by atoms with van der Waals surface area (Å²) in [4.78, 5) is 15.7. The van der Waals surface area contributed by atoms with E-state index in [9.17, 15) is 13.2 Å². The first-order valence-corrected chi connectivity index (χ1v) is 13.4. The molecule has 1 N–H and O–H groups in total. The largest absolute Gasteiger partial charge is 0.482 e. The Morgan fingerprint density at radius 1 is 0.971 bits per heavy atom. The predicted octanol–water partition coefficient (Wildman–Crippen LogP) is 4.30. The smallest absolute Gasteiger partial charge is 0.264 e. The monoisotopic (exact) mass is 511 g/mol. The number of carbonyl (C=O) groups excluding carboxylic acids is 1. The Bertz CT molecular complexity index is 1390. The number of hydrogen-bond donors (Lipinski definition) is 1. The number of rotatable bonds is 6. The molecule has 0 fully saturated rings. The lowest BCUT2D eigenvalue weighted by Gasteiger charge is -2.27. The van der Waals surface area contributed by atoms with Crippen LogP contribution in [0.15, 0.2) is 65.6 Å². The molecule has 0 atom stereocenters. The second kappa shape index (κ2) is 9.53. The van der Waals surface area contributed by atoms with Crippen LogP contribution < -0.4 is 19.3 Å². The summed E-state index contributed by atoms with van der Waals surface area (Å²) in [5, 5.41) is 0.675. The first-order valence-electron chi connectivity index (χ1n) is 11.5. The summed E-state index contributed by atoms with van der Waals surface area (Å²) in [5.74, 6) is 0.265. The van der Waals surface area contributed by atoms with Crippen LogP contribution in [0.25, 0.3) is 0 Å². The van der Waals surface area contributed by atoms with Gasteiger partial charge in [-0.15, -0.1) is 0 Å². The molecule has 0 spiro atoms. The quantitative estimate of drug-likeness (QED) is 0.499. The van der Waals surface area contributed by atoms with E-state index in [1.54, 1.807) is 13.1 Å². The summed E-state index contributed by atoms with van der Waals surface area (Å²) in [6.45, 7) is 0.837. The van der Waals surface area contributed by atoms with E-state index in [0.717, 1.165) is 24.2 Å². The summed E-state index contributed by atoms with van der Waals surface area (Å²) < 4.78 is 34.0. The van der Waals surface area contributed by atoms with Crippen molar-refractivity contribution in [1.29, 1.82) is 0 Å². The van der Waals surface area contributed by atoms with Crippen molar-refractivity contribution in [3.63, 3.8) is 0 Å². The van der Waals surface area contributed by atoms with Crippen molar-refractivity contribution in [2.45, 2.75) is 24.2 Å². The number of halogens is 1. The standard InChI is InChI=1S/C26H26ClN3O4S/c1-29-24-16-21(11-12-25(24)34-17-26(29)31)35(32,33)28-13-4-14-30-22-6-3-2-5-18(22)7-8-19-9-10-20(27)15-23(19)30/h2-3,5-6,9-12,15-16,28H,4,7-8,13-14,17H2,1H3. The van der Waals surface area contributed by atoms with Crippen LogP contribution in [0.2, 0.25) is 5.02 Å². The zero-order valence-electron chi connectivity index (χ0n) is 19.3. The van der Waals surface area contributed by atoms with E-state index in [1.165, 1.54) is 28.2 Å². The molecule has 5 rings (SSSR count). The average molecular weight is 512 g/mol. The zero-order chi connectivity index (χ0) is 24.6. The van der Waals surface area contributed by atoms with Gasteiger partial charge in [0.05, 0.1) is 10.6 Å². The molecule has 35 heavy (non-hydrogen) atoms. The van der Waals surface area contributed by atoms with Crippen LogP contribution in [-0.2, 0) is 27.7 Å². The molecule has 3 aromatic carbocycles. The SMILES string of the molecule is CN1C(=O)COc2ccc(S(=O)(=O)NCCCN3c4ccccc4CCc4ccc(Cl)cc43)cc21. The van der Waals surface area contributed by atoms with E-state index in [1.807, 2.05) is 24.3 Å². The zero-order valence-corrected chi connectivity index (χ0v) is 20.9. The van der Waals surface area contributed by atoms with Crippen LogP contribution in [0.5, 0.6) is 5.75 Å². The Balaban J connectivity index is 1.31. The highest BCUT2D eigenvalue weighted by Gasteiger charge is 2.25. The van der Waals surface area contributed by atoms with Gasteiger partial charge in [0.25, 0.3) is 5.91 Å². The fourth-order valence-corrected chi connectivity index (χ4v) is 5.83. The van der Waals surface area contributed by atoms with E-state index < -0.39 is 10.0 Å². The predicted molar refractivity (Wildman–Crippen MR) is 137 cm³/mol. The summed E-state index contributed by atoms with van der Waals surface area (Å²) in [6, 6.07) is 18.8. The lowest BCUT2D eigenvalue weighted by atomic mass is 10.0. The van der Waals surface area contributed by atoms with Crippen LogP contribution >= 0.6 is 11.6 Å². The number of ether oxygens (including phenoxy) is 1. The van der Waals surface area contributed by atoms with E-state index in [2.05, 4.69) is 27.8 Å². The lowest BCUT2D eigenvalue weighted by Crippen LogP contribution is -2.35. The number of aryl methyl sites for hydroxylation is 2. The van der Waals surface area contributed by atoms with Crippen LogP contribution in [0.3, 0.4) is 0 Å². The number of likely N-dealkylation sites (N-methyl/N-ethyl adjacent to an activating group) is 1. The van der Waals surface area contributed by atoms with Crippen molar-refractivity contribution in [3.8, 4) is 5.75 Å². The molecule has 7 nitrogen and oxygen atoms in total. The maximum Gasteiger partial charge on any atom is 0.264 e. The van der Waals surface area contributed by atoms with Gasteiger partial charge < -0.3 is 14.5 Å². The second-order valence-corrected chi connectivity index (χ2v) is 10.9.